The first-order chi connectivity index (χ1) is 31.3. The van der Waals surface area contributed by atoms with Crippen LogP contribution in [-0.2, 0) is 36.8 Å². The number of fused-ring (bicyclic) bond motifs is 2. The number of halogens is 4. The molecule has 5 heterocycles. The summed E-state index contributed by atoms with van der Waals surface area (Å²) in [4.78, 5) is 36.1. The van der Waals surface area contributed by atoms with Crippen molar-refractivity contribution in [2.75, 3.05) is 63.9 Å². The van der Waals surface area contributed by atoms with E-state index in [0.717, 1.165) is 36.1 Å². The molecule has 0 N–H and O–H groups in total. The molecule has 356 valence electrons. The van der Waals surface area contributed by atoms with Gasteiger partial charge in [-0.05, 0) is 119 Å². The van der Waals surface area contributed by atoms with E-state index in [1.807, 2.05) is 88.2 Å². The number of likely N-dealkylation sites (N-methyl/N-ethyl adjacent to an activating group) is 1. The normalized spacial score (nSPS) is 23.1. The molecule has 2 aromatic heterocycles. The number of amides is 1. The highest BCUT2D eigenvalue weighted by Crippen LogP contribution is 2.46. The second-order valence-corrected chi connectivity index (χ2v) is 19.7. The van der Waals surface area contributed by atoms with Crippen LogP contribution in [0.2, 0.25) is 0 Å². The molecule has 2 aromatic carbocycles. The zero-order valence-corrected chi connectivity index (χ0v) is 39.4. The van der Waals surface area contributed by atoms with Gasteiger partial charge in [-0.2, -0.15) is 23.1 Å². The Morgan fingerprint density at radius 3 is 2.17 bits per heavy atom. The molecular weight excluding hydrogens is 855 g/mol. The van der Waals surface area contributed by atoms with Gasteiger partial charge in [0.05, 0.1) is 36.7 Å². The van der Waals surface area contributed by atoms with Crippen LogP contribution in [0, 0.1) is 12.8 Å². The summed E-state index contributed by atoms with van der Waals surface area (Å²) in [6.07, 6.45) is -2.72. The molecule has 1 amide bonds. The molecule has 8 rings (SSSR count). The molecule has 1 aliphatic carbocycles. The molecule has 4 aliphatic rings. The Balaban J connectivity index is 1.17. The molecule has 2 unspecified atom stereocenters. The molecule has 12 nitrogen and oxygen atoms in total. The number of carbonyl (C=O) groups excluding carboxylic acids is 1. The van der Waals surface area contributed by atoms with E-state index in [1.165, 1.54) is 6.92 Å². The first kappa shape index (κ1) is 47.1. The number of alkyl halides is 4. The van der Waals surface area contributed by atoms with Crippen molar-refractivity contribution in [3.8, 4) is 17.5 Å². The summed E-state index contributed by atoms with van der Waals surface area (Å²) in [6, 6.07) is 16.8. The predicted molar refractivity (Wildman–Crippen MR) is 244 cm³/mol. The number of nitrogens with zero attached hydrogens (tertiary/aromatic N) is 7. The highest BCUT2D eigenvalue weighted by Gasteiger charge is 2.50. The van der Waals surface area contributed by atoms with Gasteiger partial charge in [0, 0.05) is 63.7 Å². The van der Waals surface area contributed by atoms with Crippen molar-refractivity contribution in [1.29, 1.82) is 0 Å². The van der Waals surface area contributed by atoms with Gasteiger partial charge >= 0.3 is 18.3 Å². The van der Waals surface area contributed by atoms with Crippen LogP contribution in [0.5, 0.6) is 17.5 Å². The molecule has 0 saturated carbocycles. The van der Waals surface area contributed by atoms with Crippen molar-refractivity contribution in [2.24, 2.45) is 5.92 Å². The Hall–Kier alpha value is -5.38. The number of carbonyl (C=O) groups is 1. The number of anilines is 2. The van der Waals surface area contributed by atoms with E-state index in [-0.39, 0.29) is 48.3 Å². The number of ether oxygens (including phenoxy) is 4. The van der Waals surface area contributed by atoms with Crippen LogP contribution in [0.1, 0.15) is 98.5 Å². The third-order valence-corrected chi connectivity index (χ3v) is 13.9. The number of benzene rings is 2. The van der Waals surface area contributed by atoms with Gasteiger partial charge < -0.3 is 33.6 Å². The molecule has 16 heteroatoms. The first-order valence-corrected chi connectivity index (χ1v) is 23.0. The van der Waals surface area contributed by atoms with Gasteiger partial charge in [0.1, 0.15) is 41.5 Å². The Kier molecular flexibility index (Phi) is 13.4. The van der Waals surface area contributed by atoms with Gasteiger partial charge in [0.2, 0.25) is 0 Å². The van der Waals surface area contributed by atoms with Crippen molar-refractivity contribution in [2.45, 2.75) is 122 Å². The lowest BCUT2D eigenvalue weighted by molar-refractivity contribution is -0.139. The summed E-state index contributed by atoms with van der Waals surface area (Å²) in [7, 11) is 5.14. The van der Waals surface area contributed by atoms with Gasteiger partial charge in [-0.25, -0.2) is 14.2 Å². The first-order valence-electron chi connectivity index (χ1n) is 23.0. The third-order valence-electron chi connectivity index (χ3n) is 13.9. The zero-order valence-electron chi connectivity index (χ0n) is 39.4. The lowest BCUT2D eigenvalue weighted by Crippen LogP contribution is -2.43. The number of likely N-dealkylation sites (tertiary alicyclic amines) is 1. The van der Waals surface area contributed by atoms with Crippen molar-refractivity contribution < 1.29 is 41.3 Å². The van der Waals surface area contributed by atoms with Gasteiger partial charge in [0.15, 0.2) is 0 Å². The molecule has 5 atom stereocenters. The predicted octanol–water partition coefficient (Wildman–Crippen LogP) is 9.34. The Morgan fingerprint density at radius 2 is 1.56 bits per heavy atom. The quantitative estimate of drug-likeness (QED) is 0.120. The fourth-order valence-electron chi connectivity index (χ4n) is 10.4. The van der Waals surface area contributed by atoms with Crippen LogP contribution in [-0.4, -0.2) is 108 Å². The molecule has 3 fully saturated rings. The highest BCUT2D eigenvalue weighted by atomic mass is 19.4. The van der Waals surface area contributed by atoms with Crippen LogP contribution in [0.25, 0.3) is 0 Å². The number of pyridine rings is 1. The van der Waals surface area contributed by atoms with Crippen molar-refractivity contribution >= 4 is 17.7 Å². The molecule has 3 saturated heterocycles. The average Bonchev–Trinajstić information content (AvgIpc) is 3.99. The molecule has 4 aromatic rings. The molecule has 66 heavy (non-hydrogen) atoms. The van der Waals surface area contributed by atoms with Crippen LogP contribution in [0.15, 0.2) is 54.6 Å². The fourth-order valence-corrected chi connectivity index (χ4v) is 10.4. The van der Waals surface area contributed by atoms with E-state index in [0.29, 0.717) is 80.8 Å². The number of aryl methyl sites for hydroxylation is 1. The third kappa shape index (κ3) is 10.1. The van der Waals surface area contributed by atoms with Crippen LogP contribution >= 0.6 is 0 Å². The van der Waals surface area contributed by atoms with Crippen molar-refractivity contribution in [3.05, 3.63) is 93.8 Å². The monoisotopic (exact) mass is 917 g/mol. The van der Waals surface area contributed by atoms with Crippen molar-refractivity contribution in [3.63, 3.8) is 0 Å². The maximum atomic E-state index is 15.4. The van der Waals surface area contributed by atoms with Crippen LogP contribution in [0.3, 0.4) is 0 Å². The van der Waals surface area contributed by atoms with E-state index in [1.54, 1.807) is 25.2 Å². The van der Waals surface area contributed by atoms with E-state index in [4.69, 9.17) is 33.9 Å². The van der Waals surface area contributed by atoms with Gasteiger partial charge in [-0.15, -0.1) is 0 Å². The average molecular weight is 918 g/mol. The van der Waals surface area contributed by atoms with Crippen LogP contribution in [0.4, 0.5) is 34.0 Å². The number of hydrogen-bond donors (Lipinski definition) is 0. The number of aromatic nitrogens is 3. The lowest BCUT2D eigenvalue weighted by atomic mass is 9.75. The Labute approximate surface area is 385 Å². The zero-order chi connectivity index (χ0) is 47.1. The maximum absolute atomic E-state index is 15.4. The Morgan fingerprint density at radius 1 is 0.909 bits per heavy atom. The molecule has 0 spiro atoms. The van der Waals surface area contributed by atoms with Crippen LogP contribution < -0.4 is 24.0 Å². The molecule has 0 bridgehead atoms. The van der Waals surface area contributed by atoms with Crippen molar-refractivity contribution in [1.82, 2.24) is 24.8 Å². The Bertz CT molecular complexity index is 2310. The molecular formula is C50H63F4N7O5. The SMILES string of the molecule is COc1ccc(CN(Cc2ccc(OC)cc2)c2cc(C)c(C(F)(F)F)c(C3Cc4nc(OC[C@@]56CCCN5C[C@H](F)C6)nc(N(C)[C@@H]5CCN(C(=O)OC(C)(C)C)C5)c4CC3C)n2)cc1. The lowest BCUT2D eigenvalue weighted by Gasteiger charge is -2.36. The minimum Gasteiger partial charge on any atom is -0.497 e. The summed E-state index contributed by atoms with van der Waals surface area (Å²) in [5.74, 6) is 1.47. The summed E-state index contributed by atoms with van der Waals surface area (Å²) >= 11 is 0. The summed E-state index contributed by atoms with van der Waals surface area (Å²) in [6.45, 7) is 12.0. The smallest absolute Gasteiger partial charge is 0.418 e. The molecule has 3 aliphatic heterocycles. The topological polar surface area (TPSA) is 106 Å². The highest BCUT2D eigenvalue weighted by molar-refractivity contribution is 5.69. The summed E-state index contributed by atoms with van der Waals surface area (Å²) in [5.41, 5.74) is 1.50. The van der Waals surface area contributed by atoms with E-state index < -0.39 is 35.0 Å². The second kappa shape index (κ2) is 18.7. The number of methoxy groups -OCH3 is 2. The summed E-state index contributed by atoms with van der Waals surface area (Å²) in [5, 5.41) is 0. The van der Waals surface area contributed by atoms with E-state index in [2.05, 4.69) is 9.80 Å². The van der Waals surface area contributed by atoms with Gasteiger partial charge in [0.25, 0.3) is 0 Å². The van der Waals surface area contributed by atoms with Gasteiger partial charge in [-0.3, -0.25) is 4.90 Å². The second-order valence-electron chi connectivity index (χ2n) is 19.7. The maximum Gasteiger partial charge on any atom is 0.418 e. The largest absolute Gasteiger partial charge is 0.497 e. The minimum atomic E-state index is -4.68. The fraction of sp³-hybridized carbons (Fsp3) is 0.560. The van der Waals surface area contributed by atoms with E-state index in [9.17, 15) is 9.18 Å². The molecule has 0 radical (unpaired) electrons. The minimum absolute atomic E-state index is 0.0228. The number of rotatable bonds is 13. The number of hydrogen-bond acceptors (Lipinski definition) is 11. The van der Waals surface area contributed by atoms with Gasteiger partial charge in [-0.1, -0.05) is 31.2 Å². The standard InChI is InChI=1S/C50H63F4N7O5/c1-31-22-40-41(55-46(65-30-49-19-9-20-61(49)28-35(51)25-49)57-45(40)58(6)36-18-21-59(29-36)47(62)66-48(3,4)5)24-39(31)44-43(50(52,53)54)32(2)23-42(56-44)60(26-33-10-14-37(63-7)15-11-33)27-34-12-16-38(64-8)17-13-34/h10-17,23,31,35-36,39H,9,18-22,24-30H2,1-8H3/t31?,35-,36-,39?,49+/m1/s1. The summed E-state index contributed by atoms with van der Waals surface area (Å²) < 4.78 is 84.1. The van der Waals surface area contributed by atoms with E-state index >= 15 is 13.2 Å².